The first kappa shape index (κ1) is 22.7. The molecule has 9 heteroatoms. The number of sulfonamides is 1. The molecule has 0 spiro atoms. The molecule has 1 unspecified atom stereocenters. The van der Waals surface area contributed by atoms with E-state index in [1.807, 2.05) is 13.0 Å². The summed E-state index contributed by atoms with van der Waals surface area (Å²) in [6.45, 7) is 1.89. The Hall–Kier alpha value is -2.94. The van der Waals surface area contributed by atoms with Crippen LogP contribution in [0.1, 0.15) is 34.5 Å². The van der Waals surface area contributed by atoms with E-state index in [1.165, 1.54) is 25.3 Å². The highest BCUT2D eigenvalue weighted by atomic mass is 35.5. The molecule has 3 rings (SSSR count). The second-order valence-electron chi connectivity index (χ2n) is 6.80. The quantitative estimate of drug-likeness (QED) is 0.535. The zero-order valence-corrected chi connectivity index (χ0v) is 18.6. The number of hydrogen-bond acceptors (Lipinski definition) is 5. The Labute approximate surface area is 186 Å². The largest absolute Gasteiger partial charge is 0.495 e. The highest BCUT2D eigenvalue weighted by Crippen LogP contribution is 2.25. The lowest BCUT2D eigenvalue weighted by Gasteiger charge is -2.16. The monoisotopic (exact) mass is 459 g/mol. The number of amides is 1. The van der Waals surface area contributed by atoms with Crippen molar-refractivity contribution in [2.45, 2.75) is 24.4 Å². The normalized spacial score (nSPS) is 12.2. The number of methoxy groups -OCH3 is 1. The molecular formula is C22H22ClN3O4S. The van der Waals surface area contributed by atoms with Crippen molar-refractivity contribution in [1.82, 2.24) is 15.0 Å². The predicted molar refractivity (Wildman–Crippen MR) is 119 cm³/mol. The van der Waals surface area contributed by atoms with Gasteiger partial charge in [-0.25, -0.2) is 13.1 Å². The number of hydrogen-bond donors (Lipinski definition) is 2. The van der Waals surface area contributed by atoms with Crippen LogP contribution in [-0.4, -0.2) is 26.4 Å². The van der Waals surface area contributed by atoms with Crippen molar-refractivity contribution in [1.29, 1.82) is 0 Å². The van der Waals surface area contributed by atoms with Gasteiger partial charge in [-0.15, -0.1) is 0 Å². The average molecular weight is 460 g/mol. The summed E-state index contributed by atoms with van der Waals surface area (Å²) in [5.74, 6) is -0.270. The molecule has 1 atom stereocenters. The van der Waals surface area contributed by atoms with Crippen LogP contribution in [0.25, 0.3) is 0 Å². The number of nitrogens with zero attached hydrogens (tertiary/aromatic N) is 1. The Morgan fingerprint density at radius 3 is 2.55 bits per heavy atom. The van der Waals surface area contributed by atoms with Gasteiger partial charge in [-0.3, -0.25) is 9.78 Å². The van der Waals surface area contributed by atoms with Gasteiger partial charge >= 0.3 is 0 Å². The van der Waals surface area contributed by atoms with Crippen LogP contribution >= 0.6 is 11.6 Å². The molecule has 0 saturated heterocycles. The first-order valence-corrected chi connectivity index (χ1v) is 11.3. The number of ether oxygens (including phenoxy) is 1. The summed E-state index contributed by atoms with van der Waals surface area (Å²) in [6, 6.07) is 14.4. The zero-order chi connectivity index (χ0) is 22.4. The number of carbonyl (C=O) groups is 1. The lowest BCUT2D eigenvalue weighted by atomic mass is 10.1. The van der Waals surface area contributed by atoms with E-state index in [2.05, 4.69) is 15.0 Å². The van der Waals surface area contributed by atoms with Gasteiger partial charge in [-0.2, -0.15) is 0 Å². The third-order valence-electron chi connectivity index (χ3n) is 4.63. The number of rotatable bonds is 8. The van der Waals surface area contributed by atoms with Gasteiger partial charge in [0, 0.05) is 29.5 Å². The molecule has 162 valence electrons. The minimum atomic E-state index is -3.95. The Balaban J connectivity index is 1.80. The van der Waals surface area contributed by atoms with Gasteiger partial charge in [0.1, 0.15) is 10.6 Å². The summed E-state index contributed by atoms with van der Waals surface area (Å²) in [4.78, 5) is 16.6. The van der Waals surface area contributed by atoms with Gasteiger partial charge in [0.15, 0.2) is 0 Å². The van der Waals surface area contributed by atoms with Crippen LogP contribution in [0.3, 0.4) is 0 Å². The number of carbonyl (C=O) groups excluding carboxylic acids is 1. The Morgan fingerprint density at radius 1 is 1.16 bits per heavy atom. The fraction of sp³-hybridized carbons (Fsp3) is 0.182. The predicted octanol–water partition coefficient (Wildman–Crippen LogP) is 3.71. The van der Waals surface area contributed by atoms with Crippen molar-refractivity contribution < 1.29 is 17.9 Å². The maximum absolute atomic E-state index is 12.9. The lowest BCUT2D eigenvalue weighted by Crippen LogP contribution is -2.28. The molecule has 2 aromatic carbocycles. The van der Waals surface area contributed by atoms with Crippen LogP contribution < -0.4 is 14.8 Å². The van der Waals surface area contributed by atoms with E-state index in [1.54, 1.807) is 42.7 Å². The van der Waals surface area contributed by atoms with Crippen LogP contribution in [0, 0.1) is 0 Å². The standard InChI is InChI=1S/C22H22ClN3O4S/c1-15(18-4-3-11-24-14-18)26-22(27)17-7-10-20(30-2)21(12-17)31(28,29)25-13-16-5-8-19(23)9-6-16/h3-12,14-15,25H,13H2,1-2H3,(H,26,27). The van der Waals surface area contributed by atoms with Gasteiger partial charge in [0.2, 0.25) is 10.0 Å². The zero-order valence-electron chi connectivity index (χ0n) is 17.0. The summed E-state index contributed by atoms with van der Waals surface area (Å²) >= 11 is 5.86. The number of halogens is 1. The number of nitrogens with one attached hydrogen (secondary N) is 2. The smallest absolute Gasteiger partial charge is 0.251 e. The molecule has 1 amide bonds. The third-order valence-corrected chi connectivity index (χ3v) is 6.30. The fourth-order valence-corrected chi connectivity index (χ4v) is 4.22. The van der Waals surface area contributed by atoms with E-state index in [4.69, 9.17) is 16.3 Å². The molecule has 2 N–H and O–H groups in total. The second kappa shape index (κ2) is 9.91. The van der Waals surface area contributed by atoms with Crippen molar-refractivity contribution in [3.8, 4) is 5.75 Å². The molecule has 7 nitrogen and oxygen atoms in total. The van der Waals surface area contributed by atoms with Crippen molar-refractivity contribution in [3.63, 3.8) is 0 Å². The second-order valence-corrected chi connectivity index (χ2v) is 8.97. The molecule has 0 fully saturated rings. The highest BCUT2D eigenvalue weighted by Gasteiger charge is 2.22. The Kier molecular flexibility index (Phi) is 7.27. The molecule has 0 bridgehead atoms. The maximum Gasteiger partial charge on any atom is 0.251 e. The van der Waals surface area contributed by atoms with Crippen molar-refractivity contribution in [2.75, 3.05) is 7.11 Å². The van der Waals surface area contributed by atoms with Gasteiger partial charge in [-0.1, -0.05) is 29.8 Å². The van der Waals surface area contributed by atoms with Crippen LogP contribution in [0.5, 0.6) is 5.75 Å². The Morgan fingerprint density at radius 2 is 1.90 bits per heavy atom. The van der Waals surface area contributed by atoms with Crippen molar-refractivity contribution in [2.24, 2.45) is 0 Å². The fourth-order valence-electron chi connectivity index (χ4n) is 2.88. The minimum Gasteiger partial charge on any atom is -0.495 e. The number of benzene rings is 2. The maximum atomic E-state index is 12.9. The number of pyridine rings is 1. The van der Waals surface area contributed by atoms with Crippen LogP contribution in [0.15, 0.2) is 71.9 Å². The van der Waals surface area contributed by atoms with Crippen LogP contribution in [-0.2, 0) is 16.6 Å². The van der Waals surface area contributed by atoms with E-state index in [9.17, 15) is 13.2 Å². The highest BCUT2D eigenvalue weighted by molar-refractivity contribution is 7.89. The summed E-state index contributed by atoms with van der Waals surface area (Å²) in [5.41, 5.74) is 1.77. The molecule has 0 saturated carbocycles. The van der Waals surface area contributed by atoms with Gasteiger partial charge < -0.3 is 10.1 Å². The molecule has 3 aromatic rings. The SMILES string of the molecule is COc1ccc(C(=O)NC(C)c2cccnc2)cc1S(=O)(=O)NCc1ccc(Cl)cc1. The summed E-state index contributed by atoms with van der Waals surface area (Å²) < 4.78 is 33.6. The van der Waals surface area contributed by atoms with Gasteiger partial charge in [0.25, 0.3) is 5.91 Å². The molecule has 0 aliphatic carbocycles. The van der Waals surface area contributed by atoms with E-state index < -0.39 is 15.9 Å². The summed E-state index contributed by atoms with van der Waals surface area (Å²) in [5, 5.41) is 3.41. The Bertz CT molecular complexity index is 1150. The van der Waals surface area contributed by atoms with Crippen LogP contribution in [0.2, 0.25) is 5.02 Å². The molecular weight excluding hydrogens is 438 g/mol. The van der Waals surface area contributed by atoms with E-state index >= 15 is 0 Å². The number of aromatic nitrogens is 1. The topological polar surface area (TPSA) is 97.4 Å². The third kappa shape index (κ3) is 5.81. The van der Waals surface area contributed by atoms with Gasteiger partial charge in [-0.05, 0) is 54.4 Å². The van der Waals surface area contributed by atoms with E-state index in [-0.39, 0.29) is 28.8 Å². The first-order valence-electron chi connectivity index (χ1n) is 9.43. The summed E-state index contributed by atoms with van der Waals surface area (Å²) in [7, 11) is -2.57. The average Bonchev–Trinajstić information content (AvgIpc) is 2.78. The van der Waals surface area contributed by atoms with Gasteiger partial charge in [0.05, 0.1) is 13.2 Å². The summed E-state index contributed by atoms with van der Waals surface area (Å²) in [6.07, 6.45) is 3.31. The molecule has 1 heterocycles. The first-order chi connectivity index (χ1) is 14.8. The van der Waals surface area contributed by atoms with Crippen molar-refractivity contribution in [3.05, 3.63) is 88.7 Å². The molecule has 0 aliphatic heterocycles. The van der Waals surface area contributed by atoms with Crippen LogP contribution in [0.4, 0.5) is 0 Å². The molecule has 0 radical (unpaired) electrons. The van der Waals surface area contributed by atoms with Crippen molar-refractivity contribution >= 4 is 27.5 Å². The molecule has 1 aromatic heterocycles. The lowest BCUT2D eigenvalue weighted by molar-refractivity contribution is 0.0939. The molecule has 31 heavy (non-hydrogen) atoms. The minimum absolute atomic E-state index is 0.0666. The molecule has 0 aliphatic rings. The van der Waals surface area contributed by atoms with E-state index in [0.29, 0.717) is 5.02 Å². The van der Waals surface area contributed by atoms with E-state index in [0.717, 1.165) is 11.1 Å².